The van der Waals surface area contributed by atoms with Gasteiger partial charge in [0.2, 0.25) is 0 Å². The van der Waals surface area contributed by atoms with E-state index in [4.69, 9.17) is 5.11 Å². The van der Waals surface area contributed by atoms with Crippen LogP contribution < -0.4 is 4.90 Å². The summed E-state index contributed by atoms with van der Waals surface area (Å²) in [7, 11) is 0. The average molecular weight is 305 g/mol. The smallest absolute Gasteiger partial charge is 0.392 e. The van der Waals surface area contributed by atoms with Gasteiger partial charge in [-0.25, -0.2) is 0 Å². The molecule has 2 nitrogen and oxygen atoms in total. The first-order valence-electron chi connectivity index (χ1n) is 6.52. The molecule has 1 N–H and O–H groups in total. The summed E-state index contributed by atoms with van der Waals surface area (Å²) in [5, 5.41) is 9.64. The fraction of sp³-hybridized carbons (Fsp3) is 0.571. The standard InChI is InChI=1S/C14H18F3NOS/c1-9-6-18(7-10(2)20-9)13-4-3-11(8-19)5-12(13)14(15,16)17/h3-5,9-10,19H,6-8H2,1-2H3. The lowest BCUT2D eigenvalue weighted by Gasteiger charge is -2.37. The fourth-order valence-electron chi connectivity index (χ4n) is 2.56. The Morgan fingerprint density at radius 2 is 1.85 bits per heavy atom. The van der Waals surface area contributed by atoms with E-state index >= 15 is 0 Å². The maximum absolute atomic E-state index is 13.2. The van der Waals surface area contributed by atoms with Crippen molar-refractivity contribution in [2.75, 3.05) is 18.0 Å². The van der Waals surface area contributed by atoms with Gasteiger partial charge in [0.15, 0.2) is 0 Å². The van der Waals surface area contributed by atoms with Gasteiger partial charge in [-0.3, -0.25) is 0 Å². The molecule has 0 radical (unpaired) electrons. The molecule has 2 atom stereocenters. The maximum atomic E-state index is 13.2. The van der Waals surface area contributed by atoms with Gasteiger partial charge in [-0.2, -0.15) is 24.9 Å². The van der Waals surface area contributed by atoms with Crippen molar-refractivity contribution in [2.45, 2.75) is 37.1 Å². The SMILES string of the molecule is CC1CN(c2ccc(CO)cc2C(F)(F)F)CC(C)S1. The summed E-state index contributed by atoms with van der Waals surface area (Å²) in [5.41, 5.74) is -0.155. The number of thioether (sulfide) groups is 1. The number of halogens is 3. The van der Waals surface area contributed by atoms with Crippen molar-refractivity contribution in [3.63, 3.8) is 0 Å². The zero-order valence-corrected chi connectivity index (χ0v) is 12.3. The van der Waals surface area contributed by atoms with Crippen LogP contribution in [0, 0.1) is 0 Å². The summed E-state index contributed by atoms with van der Waals surface area (Å²) < 4.78 is 39.6. The minimum atomic E-state index is -4.41. The third-order valence-corrected chi connectivity index (χ3v) is 4.54. The van der Waals surface area contributed by atoms with Crippen molar-refractivity contribution in [3.05, 3.63) is 29.3 Å². The zero-order chi connectivity index (χ0) is 14.9. The van der Waals surface area contributed by atoms with E-state index in [0.717, 1.165) is 6.07 Å². The topological polar surface area (TPSA) is 23.5 Å². The summed E-state index contributed by atoms with van der Waals surface area (Å²) in [6, 6.07) is 4.08. The Labute approximate surface area is 121 Å². The van der Waals surface area contributed by atoms with Gasteiger partial charge in [-0.1, -0.05) is 19.9 Å². The number of alkyl halides is 3. The third-order valence-electron chi connectivity index (χ3n) is 3.31. The molecule has 1 heterocycles. The summed E-state index contributed by atoms with van der Waals surface area (Å²) >= 11 is 1.80. The number of benzene rings is 1. The fourth-order valence-corrected chi connectivity index (χ4v) is 3.88. The molecule has 1 aromatic carbocycles. The molecule has 1 saturated heterocycles. The van der Waals surface area contributed by atoms with Crippen molar-refractivity contribution in [1.82, 2.24) is 0 Å². The zero-order valence-electron chi connectivity index (χ0n) is 11.4. The van der Waals surface area contributed by atoms with E-state index < -0.39 is 11.7 Å². The van der Waals surface area contributed by atoms with E-state index in [1.807, 2.05) is 13.8 Å². The Morgan fingerprint density at radius 3 is 2.35 bits per heavy atom. The Bertz CT molecular complexity index is 468. The molecule has 0 aromatic heterocycles. The summed E-state index contributed by atoms with van der Waals surface area (Å²) in [6.45, 7) is 4.89. The van der Waals surface area contributed by atoms with E-state index in [9.17, 15) is 13.2 Å². The first-order chi connectivity index (χ1) is 9.31. The van der Waals surface area contributed by atoms with Crippen LogP contribution in [0.25, 0.3) is 0 Å². The second kappa shape index (κ2) is 5.85. The van der Waals surface area contributed by atoms with Crippen LogP contribution in [0.2, 0.25) is 0 Å². The Hall–Kier alpha value is -0.880. The van der Waals surface area contributed by atoms with Gasteiger partial charge in [-0.15, -0.1) is 0 Å². The second-order valence-electron chi connectivity index (χ2n) is 5.17. The molecule has 0 amide bonds. The van der Waals surface area contributed by atoms with Crippen LogP contribution in [0.3, 0.4) is 0 Å². The van der Waals surface area contributed by atoms with Crippen molar-refractivity contribution < 1.29 is 18.3 Å². The van der Waals surface area contributed by atoms with Crippen molar-refractivity contribution in [1.29, 1.82) is 0 Å². The van der Waals surface area contributed by atoms with E-state index in [0.29, 0.717) is 23.6 Å². The molecule has 0 aliphatic carbocycles. The third kappa shape index (κ3) is 3.41. The number of rotatable bonds is 2. The molecule has 6 heteroatoms. The highest BCUT2D eigenvalue weighted by Crippen LogP contribution is 2.39. The van der Waals surface area contributed by atoms with Crippen LogP contribution in [0.1, 0.15) is 25.0 Å². The number of hydrogen-bond acceptors (Lipinski definition) is 3. The molecule has 1 aliphatic heterocycles. The van der Waals surface area contributed by atoms with Gasteiger partial charge in [0.25, 0.3) is 0 Å². The second-order valence-corrected chi connectivity index (χ2v) is 7.05. The lowest BCUT2D eigenvalue weighted by atomic mass is 10.1. The van der Waals surface area contributed by atoms with Crippen LogP contribution >= 0.6 is 11.8 Å². The van der Waals surface area contributed by atoms with Gasteiger partial charge in [0, 0.05) is 29.3 Å². The van der Waals surface area contributed by atoms with Crippen molar-refractivity contribution in [2.24, 2.45) is 0 Å². The summed E-state index contributed by atoms with van der Waals surface area (Å²) in [6.07, 6.45) is -4.41. The highest BCUT2D eigenvalue weighted by Gasteiger charge is 2.36. The van der Waals surface area contributed by atoms with Gasteiger partial charge in [-0.05, 0) is 17.7 Å². The molecule has 2 rings (SSSR count). The monoisotopic (exact) mass is 305 g/mol. The lowest BCUT2D eigenvalue weighted by molar-refractivity contribution is -0.137. The molecular formula is C14H18F3NOS. The van der Waals surface area contributed by atoms with Crippen LogP contribution in [-0.4, -0.2) is 28.7 Å². The molecule has 1 aromatic rings. The number of hydrogen-bond donors (Lipinski definition) is 1. The molecule has 0 bridgehead atoms. The predicted molar refractivity (Wildman–Crippen MR) is 76.1 cm³/mol. The Balaban J connectivity index is 2.40. The van der Waals surface area contributed by atoms with Gasteiger partial charge in [0.05, 0.1) is 12.2 Å². The largest absolute Gasteiger partial charge is 0.418 e. The molecule has 0 saturated carbocycles. The van der Waals surface area contributed by atoms with Crippen molar-refractivity contribution in [3.8, 4) is 0 Å². The minimum absolute atomic E-state index is 0.216. The van der Waals surface area contributed by atoms with E-state index in [2.05, 4.69) is 0 Å². The van der Waals surface area contributed by atoms with Gasteiger partial charge < -0.3 is 10.0 Å². The van der Waals surface area contributed by atoms with Crippen LogP contribution in [-0.2, 0) is 12.8 Å². The quantitative estimate of drug-likeness (QED) is 0.904. The number of nitrogens with zero attached hydrogens (tertiary/aromatic N) is 1. The molecule has 0 spiro atoms. The van der Waals surface area contributed by atoms with E-state index in [1.165, 1.54) is 6.07 Å². The molecule has 1 aliphatic rings. The molecule has 20 heavy (non-hydrogen) atoms. The molecule has 112 valence electrons. The average Bonchev–Trinajstić information content (AvgIpc) is 2.35. The Morgan fingerprint density at radius 1 is 1.25 bits per heavy atom. The highest BCUT2D eigenvalue weighted by molar-refractivity contribution is 8.00. The van der Waals surface area contributed by atoms with E-state index in [1.54, 1.807) is 22.7 Å². The van der Waals surface area contributed by atoms with Crippen LogP contribution in [0.5, 0.6) is 0 Å². The first-order valence-corrected chi connectivity index (χ1v) is 7.47. The first kappa shape index (κ1) is 15.5. The van der Waals surface area contributed by atoms with Gasteiger partial charge in [0.1, 0.15) is 0 Å². The van der Waals surface area contributed by atoms with Crippen molar-refractivity contribution >= 4 is 17.4 Å². The highest BCUT2D eigenvalue weighted by atomic mass is 32.2. The predicted octanol–water partition coefficient (Wildman–Crippen LogP) is 3.53. The minimum Gasteiger partial charge on any atom is -0.392 e. The Kier molecular flexibility index (Phi) is 4.54. The molecular weight excluding hydrogens is 287 g/mol. The number of aliphatic hydroxyl groups excluding tert-OH is 1. The van der Waals surface area contributed by atoms with Crippen LogP contribution in [0.4, 0.5) is 18.9 Å². The summed E-state index contributed by atoms with van der Waals surface area (Å²) in [5.74, 6) is 0. The van der Waals surface area contributed by atoms with Gasteiger partial charge >= 0.3 is 6.18 Å². The van der Waals surface area contributed by atoms with Crippen LogP contribution in [0.15, 0.2) is 18.2 Å². The lowest BCUT2D eigenvalue weighted by Crippen LogP contribution is -2.41. The molecule has 1 fully saturated rings. The number of anilines is 1. The van der Waals surface area contributed by atoms with E-state index in [-0.39, 0.29) is 17.9 Å². The molecule has 2 unspecified atom stereocenters. The number of aliphatic hydroxyl groups is 1. The normalized spacial score (nSPS) is 24.0. The maximum Gasteiger partial charge on any atom is 0.418 e. The summed E-state index contributed by atoms with van der Waals surface area (Å²) in [4.78, 5) is 1.80.